The number of nitrogens with one attached hydrogen (secondary N) is 1. The number of hydrogen-bond acceptors (Lipinski definition) is 5. The molecule has 1 fully saturated rings. The van der Waals surface area contributed by atoms with Crippen LogP contribution in [0.1, 0.15) is 51.2 Å². The van der Waals surface area contributed by atoms with E-state index < -0.39 is 11.1 Å². The zero-order chi connectivity index (χ0) is 18.8. The second-order valence-corrected chi connectivity index (χ2v) is 8.43. The molecule has 0 aliphatic carbocycles. The van der Waals surface area contributed by atoms with Gasteiger partial charge in [0.1, 0.15) is 5.75 Å². The van der Waals surface area contributed by atoms with Gasteiger partial charge in [-0.2, -0.15) is 0 Å². The fraction of sp³-hybridized carbons (Fsp3) is 0.421. The lowest BCUT2D eigenvalue weighted by Crippen LogP contribution is -2.49. The molecule has 4 rings (SSSR count). The summed E-state index contributed by atoms with van der Waals surface area (Å²) in [5.41, 5.74) is 2.50. The lowest BCUT2D eigenvalue weighted by Gasteiger charge is -2.43. The molecule has 0 spiro atoms. The van der Waals surface area contributed by atoms with Crippen LogP contribution in [0, 0.1) is 0 Å². The Balaban J connectivity index is 2.03. The number of nitrogens with zero attached hydrogens (tertiary/aromatic N) is 1. The third-order valence-electron chi connectivity index (χ3n) is 5.12. The van der Waals surface area contributed by atoms with Crippen LogP contribution in [-0.4, -0.2) is 29.2 Å². The number of thioether (sulfide) groups is 1. The minimum Gasteiger partial charge on any atom is -0.494 e. The van der Waals surface area contributed by atoms with E-state index in [2.05, 4.69) is 12.2 Å². The summed E-state index contributed by atoms with van der Waals surface area (Å²) < 4.78 is 5.70. The van der Waals surface area contributed by atoms with Gasteiger partial charge in [0, 0.05) is 11.1 Å². The zero-order valence-electron chi connectivity index (χ0n) is 15.1. The first-order valence-electron chi connectivity index (χ1n) is 8.67. The Labute approximate surface area is 155 Å². The van der Waals surface area contributed by atoms with Gasteiger partial charge in [-0.1, -0.05) is 6.92 Å². The van der Waals surface area contributed by atoms with Gasteiger partial charge in [-0.3, -0.25) is 19.7 Å². The summed E-state index contributed by atoms with van der Waals surface area (Å²) in [7, 11) is 0. The van der Waals surface area contributed by atoms with Gasteiger partial charge >= 0.3 is 0 Å². The Bertz CT molecular complexity index is 903. The summed E-state index contributed by atoms with van der Waals surface area (Å²) in [6.07, 6.45) is 0.807. The van der Waals surface area contributed by atoms with Crippen molar-refractivity contribution >= 4 is 40.1 Å². The Kier molecular flexibility index (Phi) is 3.70. The Morgan fingerprint density at radius 3 is 2.65 bits per heavy atom. The van der Waals surface area contributed by atoms with Crippen LogP contribution in [0.2, 0.25) is 0 Å². The van der Waals surface area contributed by atoms with Crippen molar-refractivity contribution in [1.29, 1.82) is 0 Å². The quantitative estimate of drug-likeness (QED) is 0.805. The summed E-state index contributed by atoms with van der Waals surface area (Å²) >= 11 is 0.789. The predicted molar refractivity (Wildman–Crippen MR) is 100 cm³/mol. The monoisotopic (exact) mass is 372 g/mol. The minimum absolute atomic E-state index is 0.175. The second-order valence-electron chi connectivity index (χ2n) is 7.45. The van der Waals surface area contributed by atoms with Crippen molar-refractivity contribution in [2.24, 2.45) is 0 Å². The third-order valence-corrected chi connectivity index (χ3v) is 6.00. The topological polar surface area (TPSA) is 75.7 Å². The van der Waals surface area contributed by atoms with Crippen molar-refractivity contribution in [2.75, 3.05) is 11.5 Å². The lowest BCUT2D eigenvalue weighted by atomic mass is 9.80. The van der Waals surface area contributed by atoms with Crippen LogP contribution >= 0.6 is 11.8 Å². The van der Waals surface area contributed by atoms with Gasteiger partial charge in [-0.05, 0) is 62.6 Å². The maximum absolute atomic E-state index is 13.3. The Morgan fingerprint density at radius 1 is 1.31 bits per heavy atom. The van der Waals surface area contributed by atoms with Crippen LogP contribution < -0.4 is 15.0 Å². The fourth-order valence-electron chi connectivity index (χ4n) is 4.25. The number of anilines is 1. The van der Waals surface area contributed by atoms with E-state index >= 15 is 0 Å². The number of carbonyl (C=O) groups excluding carboxylic acids is 3. The number of hydrogen-bond donors (Lipinski definition) is 1. The molecule has 1 unspecified atom stereocenters. The van der Waals surface area contributed by atoms with Gasteiger partial charge in [-0.25, -0.2) is 0 Å². The molecule has 3 aliphatic rings. The molecule has 1 aromatic carbocycles. The Hall–Kier alpha value is -2.28. The van der Waals surface area contributed by atoms with Crippen LogP contribution in [0.15, 0.2) is 17.0 Å². The maximum atomic E-state index is 13.3. The highest BCUT2D eigenvalue weighted by Crippen LogP contribution is 2.54. The van der Waals surface area contributed by atoms with Crippen LogP contribution in [0.4, 0.5) is 10.5 Å². The van der Waals surface area contributed by atoms with Crippen molar-refractivity contribution in [3.63, 3.8) is 0 Å². The molecule has 0 saturated carbocycles. The zero-order valence-corrected chi connectivity index (χ0v) is 16.0. The van der Waals surface area contributed by atoms with Crippen LogP contribution in [0.5, 0.6) is 5.75 Å². The molecule has 6 nitrogen and oxygen atoms in total. The predicted octanol–water partition coefficient (Wildman–Crippen LogP) is 3.41. The first kappa shape index (κ1) is 17.1. The normalized spacial score (nSPS) is 26.2. The number of carbonyl (C=O) groups is 3. The SMILES string of the molecule is CCOc1cc2c3c(c1)C(C)CC(C)(C)N3C(=O)/C2=C1/SC(=O)NC1=O. The number of imide groups is 1. The minimum atomic E-state index is -0.510. The van der Waals surface area contributed by atoms with Gasteiger partial charge in [0.25, 0.3) is 17.1 Å². The molecule has 0 radical (unpaired) electrons. The van der Waals surface area contributed by atoms with E-state index in [0.717, 1.165) is 29.4 Å². The van der Waals surface area contributed by atoms with E-state index in [1.807, 2.05) is 32.9 Å². The highest BCUT2D eigenvalue weighted by atomic mass is 32.2. The fourth-order valence-corrected chi connectivity index (χ4v) is 5.02. The molecular formula is C19H20N2O4S. The summed E-state index contributed by atoms with van der Waals surface area (Å²) in [6, 6.07) is 3.80. The van der Waals surface area contributed by atoms with Crippen molar-refractivity contribution in [3.05, 3.63) is 28.2 Å². The van der Waals surface area contributed by atoms with E-state index in [9.17, 15) is 14.4 Å². The average Bonchev–Trinajstić information content (AvgIpc) is 3.01. The lowest BCUT2D eigenvalue weighted by molar-refractivity contribution is -0.116. The van der Waals surface area contributed by atoms with Gasteiger partial charge in [-0.15, -0.1) is 0 Å². The molecule has 1 N–H and O–H groups in total. The van der Waals surface area contributed by atoms with Crippen molar-refractivity contribution in [1.82, 2.24) is 5.32 Å². The van der Waals surface area contributed by atoms with E-state index in [1.165, 1.54) is 0 Å². The maximum Gasteiger partial charge on any atom is 0.290 e. The molecule has 136 valence electrons. The largest absolute Gasteiger partial charge is 0.494 e. The van der Waals surface area contributed by atoms with E-state index in [-0.39, 0.29) is 22.3 Å². The number of benzene rings is 1. The number of rotatable bonds is 2. The molecule has 26 heavy (non-hydrogen) atoms. The molecule has 7 heteroatoms. The smallest absolute Gasteiger partial charge is 0.290 e. The molecule has 0 aromatic heterocycles. The van der Waals surface area contributed by atoms with Crippen molar-refractivity contribution < 1.29 is 19.1 Å². The molecule has 1 atom stereocenters. The number of ether oxygens (including phenoxy) is 1. The summed E-state index contributed by atoms with van der Waals surface area (Å²) in [5, 5.41) is 1.80. The summed E-state index contributed by atoms with van der Waals surface area (Å²) in [5.74, 6) is 0.193. The van der Waals surface area contributed by atoms with Crippen LogP contribution in [0.25, 0.3) is 5.57 Å². The van der Waals surface area contributed by atoms with E-state index in [4.69, 9.17) is 4.74 Å². The van der Waals surface area contributed by atoms with Gasteiger partial charge < -0.3 is 9.64 Å². The molecule has 0 bridgehead atoms. The molecular weight excluding hydrogens is 352 g/mol. The summed E-state index contributed by atoms with van der Waals surface area (Å²) in [6.45, 7) is 8.62. The summed E-state index contributed by atoms with van der Waals surface area (Å²) in [4.78, 5) is 39.2. The highest BCUT2D eigenvalue weighted by Gasteiger charge is 2.49. The van der Waals surface area contributed by atoms with Gasteiger partial charge in [0.2, 0.25) is 0 Å². The first-order valence-corrected chi connectivity index (χ1v) is 9.49. The average molecular weight is 372 g/mol. The van der Waals surface area contributed by atoms with Crippen molar-refractivity contribution in [2.45, 2.75) is 45.6 Å². The van der Waals surface area contributed by atoms with Gasteiger partial charge in [0.15, 0.2) is 0 Å². The highest BCUT2D eigenvalue weighted by molar-refractivity contribution is 8.18. The molecule has 3 amide bonds. The number of amides is 3. The van der Waals surface area contributed by atoms with Crippen LogP contribution in [-0.2, 0) is 9.59 Å². The van der Waals surface area contributed by atoms with Gasteiger partial charge in [0.05, 0.1) is 22.8 Å². The standard InChI is InChI=1S/C19H20N2O4S/c1-5-25-10-6-11-9(2)8-19(3,4)21-14(11)12(7-10)13(17(21)23)15-16(22)20-18(24)26-15/h6-7,9H,5,8H2,1-4H3,(H,20,22,24)/b15-13+. The second kappa shape index (κ2) is 5.61. The van der Waals surface area contributed by atoms with E-state index in [1.54, 1.807) is 4.90 Å². The molecule has 3 aliphatic heterocycles. The van der Waals surface area contributed by atoms with E-state index in [0.29, 0.717) is 23.5 Å². The molecule has 1 saturated heterocycles. The van der Waals surface area contributed by atoms with Crippen LogP contribution in [0.3, 0.4) is 0 Å². The third kappa shape index (κ3) is 2.30. The van der Waals surface area contributed by atoms with Crippen molar-refractivity contribution in [3.8, 4) is 5.75 Å². The Morgan fingerprint density at radius 2 is 2.04 bits per heavy atom. The molecule has 1 aromatic rings. The first-order chi connectivity index (χ1) is 12.2. The molecule has 3 heterocycles.